The first kappa shape index (κ1) is 21.2. The Balaban J connectivity index is 4.31. The van der Waals surface area contributed by atoms with Crippen molar-refractivity contribution in [2.45, 2.75) is 92.3 Å². The molecule has 0 radical (unpaired) electrons. The van der Waals surface area contributed by atoms with Crippen molar-refractivity contribution in [2.75, 3.05) is 6.54 Å². The number of nitrogens with one attached hydrogen (secondary N) is 2. The van der Waals surface area contributed by atoms with Gasteiger partial charge < -0.3 is 15.4 Å². The predicted octanol–water partition coefficient (Wildman–Crippen LogP) is 4.34. The predicted molar refractivity (Wildman–Crippen MR) is 94.1 cm³/mol. The van der Waals surface area contributed by atoms with Crippen molar-refractivity contribution in [1.82, 2.24) is 10.6 Å². The summed E-state index contributed by atoms with van der Waals surface area (Å²) in [6.45, 7) is 17.4. The van der Waals surface area contributed by atoms with Gasteiger partial charge in [-0.1, -0.05) is 27.7 Å². The molecular weight excluding hydrogens is 276 g/mol. The number of alkyl carbamates (subject to hydrolysis) is 1. The number of carbonyl (C=O) groups excluding carboxylic acids is 1. The Kier molecular flexibility index (Phi) is 9.74. The van der Waals surface area contributed by atoms with Gasteiger partial charge in [0.1, 0.15) is 5.60 Å². The zero-order valence-electron chi connectivity index (χ0n) is 16.0. The van der Waals surface area contributed by atoms with Crippen LogP contribution in [0.3, 0.4) is 0 Å². The molecule has 0 aromatic carbocycles. The summed E-state index contributed by atoms with van der Waals surface area (Å²) in [6, 6.07) is 0.751. The molecule has 0 aliphatic heterocycles. The maximum Gasteiger partial charge on any atom is 0.407 e. The normalized spacial score (nSPS) is 15.0. The van der Waals surface area contributed by atoms with Gasteiger partial charge in [-0.25, -0.2) is 4.79 Å². The molecule has 2 atom stereocenters. The Morgan fingerprint density at radius 2 is 1.59 bits per heavy atom. The van der Waals surface area contributed by atoms with Gasteiger partial charge in [-0.05, 0) is 58.8 Å². The van der Waals surface area contributed by atoms with Gasteiger partial charge >= 0.3 is 6.09 Å². The van der Waals surface area contributed by atoms with Crippen molar-refractivity contribution in [3.8, 4) is 0 Å². The topological polar surface area (TPSA) is 50.4 Å². The van der Waals surface area contributed by atoms with Crippen LogP contribution in [0.1, 0.15) is 74.7 Å². The van der Waals surface area contributed by atoms with Crippen LogP contribution >= 0.6 is 0 Å². The molecule has 0 spiro atoms. The van der Waals surface area contributed by atoms with E-state index in [1.165, 1.54) is 12.8 Å². The second kappa shape index (κ2) is 10.1. The van der Waals surface area contributed by atoms with E-state index in [-0.39, 0.29) is 12.1 Å². The van der Waals surface area contributed by atoms with E-state index < -0.39 is 5.60 Å². The monoisotopic (exact) mass is 314 g/mol. The van der Waals surface area contributed by atoms with Crippen molar-refractivity contribution >= 4 is 6.09 Å². The van der Waals surface area contributed by atoms with Crippen LogP contribution in [0.4, 0.5) is 4.79 Å². The van der Waals surface area contributed by atoms with E-state index >= 15 is 0 Å². The van der Waals surface area contributed by atoms with Crippen LogP contribution < -0.4 is 10.6 Å². The first-order valence-electron chi connectivity index (χ1n) is 8.72. The van der Waals surface area contributed by atoms with E-state index in [9.17, 15) is 4.79 Å². The van der Waals surface area contributed by atoms with E-state index in [4.69, 9.17) is 4.74 Å². The number of ether oxygens (including phenoxy) is 1. The summed E-state index contributed by atoms with van der Waals surface area (Å²) in [5.74, 6) is 1.32. The number of hydrogen-bond acceptors (Lipinski definition) is 3. The Morgan fingerprint density at radius 3 is 2.05 bits per heavy atom. The van der Waals surface area contributed by atoms with Gasteiger partial charge in [0.15, 0.2) is 0 Å². The third-order valence-corrected chi connectivity index (χ3v) is 3.34. The highest BCUT2D eigenvalue weighted by molar-refractivity contribution is 5.67. The molecule has 4 nitrogen and oxygen atoms in total. The molecule has 2 unspecified atom stereocenters. The van der Waals surface area contributed by atoms with E-state index in [1.807, 2.05) is 20.8 Å². The highest BCUT2D eigenvalue weighted by atomic mass is 16.6. The molecule has 0 heterocycles. The molecule has 0 aromatic heterocycles. The Hall–Kier alpha value is -0.770. The van der Waals surface area contributed by atoms with Crippen LogP contribution in [0.5, 0.6) is 0 Å². The van der Waals surface area contributed by atoms with Gasteiger partial charge in [0.25, 0.3) is 0 Å². The fourth-order valence-corrected chi connectivity index (χ4v) is 2.37. The summed E-state index contributed by atoms with van der Waals surface area (Å²) in [6.07, 6.45) is 3.10. The molecule has 4 heteroatoms. The molecule has 1 amide bonds. The Morgan fingerprint density at radius 1 is 1.00 bits per heavy atom. The van der Waals surface area contributed by atoms with Crippen LogP contribution in [0.15, 0.2) is 0 Å². The number of carbonyl (C=O) groups is 1. The van der Waals surface area contributed by atoms with Gasteiger partial charge in [0, 0.05) is 18.6 Å². The highest BCUT2D eigenvalue weighted by Gasteiger charge is 2.19. The fraction of sp³-hybridized carbons (Fsp3) is 0.944. The lowest BCUT2D eigenvalue weighted by molar-refractivity contribution is 0.0520. The quantitative estimate of drug-likeness (QED) is 0.665. The molecule has 2 N–H and O–H groups in total. The standard InChI is InChI=1S/C18H38N2O2/c1-13(2)9-10-15(5)20-16(11-14(3)4)12-19-17(21)22-18(6,7)8/h13-16,20H,9-12H2,1-8H3,(H,19,21). The SMILES string of the molecule is CC(C)CCC(C)NC(CNC(=O)OC(C)(C)C)CC(C)C. The van der Waals surface area contributed by atoms with Crippen LogP contribution in [0.25, 0.3) is 0 Å². The third kappa shape index (κ3) is 12.9. The van der Waals surface area contributed by atoms with E-state index in [0.29, 0.717) is 18.5 Å². The maximum absolute atomic E-state index is 11.8. The summed E-state index contributed by atoms with van der Waals surface area (Å²) < 4.78 is 5.30. The van der Waals surface area contributed by atoms with Crippen LogP contribution in [-0.2, 0) is 4.74 Å². The first-order chi connectivity index (χ1) is 9.99. The fourth-order valence-electron chi connectivity index (χ4n) is 2.37. The van der Waals surface area contributed by atoms with Gasteiger partial charge in [0.05, 0.1) is 0 Å². The third-order valence-electron chi connectivity index (χ3n) is 3.34. The molecule has 0 fully saturated rings. The zero-order chi connectivity index (χ0) is 17.3. The van der Waals surface area contributed by atoms with E-state index in [1.54, 1.807) is 0 Å². The molecule has 0 saturated carbocycles. The van der Waals surface area contributed by atoms with Crippen molar-refractivity contribution in [1.29, 1.82) is 0 Å². The molecule has 132 valence electrons. The van der Waals surface area contributed by atoms with Gasteiger partial charge in [-0.2, -0.15) is 0 Å². The average molecular weight is 315 g/mol. The second-order valence-electron chi connectivity index (χ2n) is 8.25. The largest absolute Gasteiger partial charge is 0.444 e. The van der Waals surface area contributed by atoms with Gasteiger partial charge in [0.2, 0.25) is 0 Å². The summed E-state index contributed by atoms with van der Waals surface area (Å²) >= 11 is 0. The zero-order valence-corrected chi connectivity index (χ0v) is 16.0. The van der Waals surface area contributed by atoms with E-state index in [2.05, 4.69) is 45.3 Å². The van der Waals surface area contributed by atoms with Crippen LogP contribution in [-0.4, -0.2) is 30.3 Å². The molecule has 0 aliphatic rings. The number of amides is 1. The summed E-state index contributed by atoms with van der Waals surface area (Å²) in [5, 5.41) is 6.54. The summed E-state index contributed by atoms with van der Waals surface area (Å²) in [4.78, 5) is 11.8. The second-order valence-corrected chi connectivity index (χ2v) is 8.25. The minimum absolute atomic E-state index is 0.287. The van der Waals surface area contributed by atoms with Crippen molar-refractivity contribution in [3.63, 3.8) is 0 Å². The molecule has 0 aliphatic carbocycles. The van der Waals surface area contributed by atoms with Crippen molar-refractivity contribution in [2.24, 2.45) is 11.8 Å². The van der Waals surface area contributed by atoms with Crippen molar-refractivity contribution < 1.29 is 9.53 Å². The Labute approximate surface area is 137 Å². The molecule has 22 heavy (non-hydrogen) atoms. The average Bonchev–Trinajstić information content (AvgIpc) is 2.30. The molecule has 0 rings (SSSR count). The molecule has 0 saturated heterocycles. The van der Waals surface area contributed by atoms with E-state index in [0.717, 1.165) is 12.3 Å². The number of hydrogen-bond donors (Lipinski definition) is 2. The first-order valence-corrected chi connectivity index (χ1v) is 8.72. The van der Waals surface area contributed by atoms with Gasteiger partial charge in [-0.3, -0.25) is 0 Å². The Bertz CT molecular complexity index is 309. The summed E-state index contributed by atoms with van der Waals surface area (Å²) in [5.41, 5.74) is -0.449. The minimum Gasteiger partial charge on any atom is -0.444 e. The highest BCUT2D eigenvalue weighted by Crippen LogP contribution is 2.11. The molecule has 0 aromatic rings. The molecular formula is C18H38N2O2. The van der Waals surface area contributed by atoms with Gasteiger partial charge in [-0.15, -0.1) is 0 Å². The van der Waals surface area contributed by atoms with Crippen LogP contribution in [0.2, 0.25) is 0 Å². The lowest BCUT2D eigenvalue weighted by Gasteiger charge is -2.26. The number of rotatable bonds is 9. The smallest absolute Gasteiger partial charge is 0.407 e. The lowest BCUT2D eigenvalue weighted by Crippen LogP contribution is -2.46. The molecule has 0 bridgehead atoms. The van der Waals surface area contributed by atoms with Crippen LogP contribution in [0, 0.1) is 11.8 Å². The summed E-state index contributed by atoms with van der Waals surface area (Å²) in [7, 11) is 0. The lowest BCUT2D eigenvalue weighted by atomic mass is 10.0. The maximum atomic E-state index is 11.8. The van der Waals surface area contributed by atoms with Crippen molar-refractivity contribution in [3.05, 3.63) is 0 Å². The minimum atomic E-state index is -0.449.